The van der Waals surface area contributed by atoms with Gasteiger partial charge in [0.25, 0.3) is 5.91 Å². The van der Waals surface area contributed by atoms with E-state index in [-0.39, 0.29) is 31.1 Å². The van der Waals surface area contributed by atoms with Gasteiger partial charge in [0.1, 0.15) is 12.1 Å². The van der Waals surface area contributed by atoms with Gasteiger partial charge in [-0.15, -0.1) is 0 Å². The van der Waals surface area contributed by atoms with Crippen molar-refractivity contribution >= 4 is 37.6 Å². The minimum absolute atomic E-state index is 0.0462. The van der Waals surface area contributed by atoms with E-state index in [0.29, 0.717) is 5.56 Å². The molecule has 0 unspecified atom stereocenters. The fourth-order valence-electron chi connectivity index (χ4n) is 4.09. The molecule has 0 aromatic heterocycles. The van der Waals surface area contributed by atoms with Crippen LogP contribution in [0, 0.1) is 0 Å². The van der Waals surface area contributed by atoms with E-state index in [1.165, 1.54) is 19.1 Å². The lowest BCUT2D eigenvalue weighted by molar-refractivity contribution is -0.140. The Bertz CT molecular complexity index is 1600. The Kier molecular flexibility index (Phi) is 12.7. The SMILES string of the molecule is C[C@@H](CNC(=O)C(=O)[C@H](Cc1ccccc1)NC(=O)[C@@H](COCc1ccccc1)NS(C)(=O)=O)NS(=O)(=O)c1ccccc1. The van der Waals surface area contributed by atoms with Crippen molar-refractivity contribution in [3.63, 3.8) is 0 Å². The van der Waals surface area contributed by atoms with Crippen LogP contribution in [0.5, 0.6) is 0 Å². The number of ketones is 1. The van der Waals surface area contributed by atoms with Gasteiger partial charge in [-0.25, -0.2) is 26.3 Å². The van der Waals surface area contributed by atoms with E-state index in [2.05, 4.69) is 20.1 Å². The van der Waals surface area contributed by atoms with Crippen LogP contribution in [0.15, 0.2) is 95.9 Å². The second-order valence-corrected chi connectivity index (χ2v) is 13.6. The number of ether oxygens (including phenoxy) is 1. The molecule has 3 aromatic carbocycles. The topological polar surface area (TPSA) is 177 Å². The van der Waals surface area contributed by atoms with E-state index in [1.54, 1.807) is 60.7 Å². The molecular formula is C30H36N4O8S2. The largest absolute Gasteiger partial charge is 0.375 e. The van der Waals surface area contributed by atoms with Crippen molar-refractivity contribution in [3.8, 4) is 0 Å². The molecule has 44 heavy (non-hydrogen) atoms. The average molecular weight is 645 g/mol. The number of rotatable bonds is 17. The van der Waals surface area contributed by atoms with E-state index in [4.69, 9.17) is 4.74 Å². The highest BCUT2D eigenvalue weighted by Gasteiger charge is 2.31. The zero-order valence-electron chi connectivity index (χ0n) is 24.3. The molecule has 2 amide bonds. The first kappa shape index (κ1) is 34.5. The minimum Gasteiger partial charge on any atom is -0.375 e. The first-order valence-corrected chi connectivity index (χ1v) is 17.0. The summed E-state index contributed by atoms with van der Waals surface area (Å²) in [5.41, 5.74) is 1.44. The van der Waals surface area contributed by atoms with Crippen molar-refractivity contribution in [3.05, 3.63) is 102 Å². The van der Waals surface area contributed by atoms with Gasteiger partial charge < -0.3 is 15.4 Å². The zero-order chi connectivity index (χ0) is 32.2. The molecule has 0 fully saturated rings. The molecule has 0 spiro atoms. The number of nitrogens with one attached hydrogen (secondary N) is 4. The number of amides is 2. The van der Waals surface area contributed by atoms with Gasteiger partial charge in [-0.3, -0.25) is 14.4 Å². The molecular weight excluding hydrogens is 608 g/mol. The number of benzene rings is 3. The van der Waals surface area contributed by atoms with Crippen molar-refractivity contribution in [2.24, 2.45) is 0 Å². The van der Waals surface area contributed by atoms with Crippen molar-refractivity contribution in [1.29, 1.82) is 0 Å². The molecule has 12 nitrogen and oxygen atoms in total. The summed E-state index contributed by atoms with van der Waals surface area (Å²) in [6.45, 7) is 1.07. The summed E-state index contributed by atoms with van der Waals surface area (Å²) in [7, 11) is -7.72. The summed E-state index contributed by atoms with van der Waals surface area (Å²) in [6.07, 6.45) is 0.823. The van der Waals surface area contributed by atoms with Crippen molar-refractivity contribution in [2.75, 3.05) is 19.4 Å². The lowest BCUT2D eigenvalue weighted by Crippen LogP contribution is -2.56. The third-order valence-electron chi connectivity index (χ3n) is 6.19. The Morgan fingerprint density at radius 3 is 1.86 bits per heavy atom. The van der Waals surface area contributed by atoms with Crippen LogP contribution in [0.3, 0.4) is 0 Å². The van der Waals surface area contributed by atoms with Crippen LogP contribution in [0.25, 0.3) is 0 Å². The second kappa shape index (κ2) is 16.2. The summed E-state index contributed by atoms with van der Waals surface area (Å²) in [4.78, 5) is 39.5. The number of hydrogen-bond donors (Lipinski definition) is 4. The molecule has 0 aliphatic rings. The van der Waals surface area contributed by atoms with Crippen molar-refractivity contribution < 1.29 is 36.0 Å². The van der Waals surface area contributed by atoms with Crippen molar-refractivity contribution in [1.82, 2.24) is 20.1 Å². The lowest BCUT2D eigenvalue weighted by atomic mass is 10.0. The van der Waals surface area contributed by atoms with Gasteiger partial charge in [-0.2, -0.15) is 0 Å². The maximum absolute atomic E-state index is 13.3. The molecule has 0 aliphatic heterocycles. The normalized spacial score (nSPS) is 13.8. The second-order valence-electron chi connectivity index (χ2n) is 10.1. The Morgan fingerprint density at radius 1 is 0.750 bits per heavy atom. The summed E-state index contributed by atoms with van der Waals surface area (Å²) in [5, 5.41) is 4.91. The first-order valence-electron chi connectivity index (χ1n) is 13.7. The van der Waals surface area contributed by atoms with E-state index >= 15 is 0 Å². The monoisotopic (exact) mass is 644 g/mol. The summed E-state index contributed by atoms with van der Waals surface area (Å²) < 4.78 is 59.4. The molecule has 236 valence electrons. The van der Waals surface area contributed by atoms with E-state index in [9.17, 15) is 31.2 Å². The molecule has 0 saturated carbocycles. The highest BCUT2D eigenvalue weighted by atomic mass is 32.2. The maximum Gasteiger partial charge on any atom is 0.289 e. The number of carbonyl (C=O) groups is 3. The molecule has 0 bridgehead atoms. The quantitative estimate of drug-likeness (QED) is 0.157. The van der Waals surface area contributed by atoms with Gasteiger partial charge in [0, 0.05) is 19.0 Å². The van der Waals surface area contributed by atoms with Gasteiger partial charge in [-0.05, 0) is 30.2 Å². The predicted octanol–water partition coefficient (Wildman–Crippen LogP) is 0.901. The predicted molar refractivity (Wildman–Crippen MR) is 164 cm³/mol. The molecule has 0 heterocycles. The van der Waals surface area contributed by atoms with Gasteiger partial charge in [0.15, 0.2) is 0 Å². The fourth-order valence-corrected chi connectivity index (χ4v) is 6.04. The van der Waals surface area contributed by atoms with Crippen LogP contribution in [0.1, 0.15) is 18.1 Å². The Morgan fingerprint density at radius 2 is 1.30 bits per heavy atom. The fraction of sp³-hybridized carbons (Fsp3) is 0.300. The van der Waals surface area contributed by atoms with Crippen LogP contribution in [0.2, 0.25) is 0 Å². The highest BCUT2D eigenvalue weighted by molar-refractivity contribution is 7.89. The molecule has 0 aliphatic carbocycles. The number of carbonyl (C=O) groups excluding carboxylic acids is 3. The van der Waals surface area contributed by atoms with Crippen LogP contribution < -0.4 is 20.1 Å². The number of sulfonamides is 2. The molecule has 0 radical (unpaired) electrons. The van der Waals surface area contributed by atoms with Crippen LogP contribution in [-0.4, -0.2) is 72.0 Å². The maximum atomic E-state index is 13.3. The number of Topliss-reactive ketones (excluding diaryl/α,β-unsaturated/α-hetero) is 1. The Labute approximate surface area is 257 Å². The zero-order valence-corrected chi connectivity index (χ0v) is 25.9. The number of hydrogen-bond acceptors (Lipinski definition) is 8. The van der Waals surface area contributed by atoms with Crippen molar-refractivity contribution in [2.45, 2.75) is 43.0 Å². The van der Waals surface area contributed by atoms with Gasteiger partial charge in [0.2, 0.25) is 31.7 Å². The Hall–Kier alpha value is -3.95. The smallest absolute Gasteiger partial charge is 0.289 e. The van der Waals surface area contributed by atoms with E-state index in [0.717, 1.165) is 11.8 Å². The standard InChI is InChI=1S/C30H36N4O8S2/c1-22(33-44(40,41)25-16-10-5-11-17-25)19-31-30(37)28(35)26(18-23-12-6-3-7-13-23)32-29(36)27(34-43(2,38)39)21-42-20-24-14-8-4-9-15-24/h3-17,22,26-27,33-34H,18-21H2,1-2H3,(H,31,37)(H,32,36)/t22-,26-,27+/m0/s1. The molecule has 4 N–H and O–H groups in total. The third-order valence-corrected chi connectivity index (χ3v) is 8.51. The molecule has 3 atom stereocenters. The minimum atomic E-state index is -3.86. The molecule has 3 aromatic rings. The van der Waals surface area contributed by atoms with Gasteiger partial charge in [-0.1, -0.05) is 78.9 Å². The van der Waals surface area contributed by atoms with Gasteiger partial charge in [0.05, 0.1) is 24.4 Å². The lowest BCUT2D eigenvalue weighted by Gasteiger charge is -2.23. The molecule has 0 saturated heterocycles. The first-order chi connectivity index (χ1) is 20.8. The van der Waals surface area contributed by atoms with E-state index in [1.807, 2.05) is 18.2 Å². The molecule has 3 rings (SSSR count). The summed E-state index contributed by atoms with van der Waals surface area (Å²) in [5.74, 6) is -2.91. The van der Waals surface area contributed by atoms with E-state index < -0.39 is 55.8 Å². The van der Waals surface area contributed by atoms with Crippen LogP contribution in [-0.2, 0) is 52.2 Å². The van der Waals surface area contributed by atoms with Crippen LogP contribution >= 0.6 is 0 Å². The molecule has 14 heteroatoms. The summed E-state index contributed by atoms with van der Waals surface area (Å²) >= 11 is 0. The third kappa shape index (κ3) is 11.6. The Balaban J connectivity index is 1.69. The average Bonchev–Trinajstić information content (AvgIpc) is 2.99. The van der Waals surface area contributed by atoms with Gasteiger partial charge >= 0.3 is 0 Å². The van der Waals surface area contributed by atoms with Crippen LogP contribution in [0.4, 0.5) is 0 Å². The summed E-state index contributed by atoms with van der Waals surface area (Å²) in [6, 6.07) is 21.8. The highest BCUT2D eigenvalue weighted by Crippen LogP contribution is 2.09.